The number of rotatable bonds is 8. The molecule has 1 aliphatic rings. The number of hydrogen-bond acceptors (Lipinski definition) is 7. The van der Waals surface area contributed by atoms with Crippen LogP contribution in [0.4, 0.5) is 4.79 Å². The summed E-state index contributed by atoms with van der Waals surface area (Å²) in [5.74, 6) is 7.43. The van der Waals surface area contributed by atoms with E-state index in [9.17, 15) is 4.79 Å². The first-order chi connectivity index (χ1) is 13.5. The number of carbonyl (C=O) groups is 1. The van der Waals surface area contributed by atoms with E-state index in [1.165, 1.54) is 4.41 Å². The summed E-state index contributed by atoms with van der Waals surface area (Å²) >= 11 is 1.06. The van der Waals surface area contributed by atoms with Crippen LogP contribution in [-0.4, -0.2) is 46.7 Å². The highest BCUT2D eigenvalue weighted by Crippen LogP contribution is 2.36. The molecule has 1 atom stereocenters. The van der Waals surface area contributed by atoms with E-state index < -0.39 is 5.60 Å². The Bertz CT molecular complexity index is 676. The number of amides is 1. The summed E-state index contributed by atoms with van der Waals surface area (Å²) in [6.45, 7) is 11.3. The fourth-order valence-electron chi connectivity index (χ4n) is 3.50. The molecule has 0 aromatic heterocycles. The molecule has 1 aromatic carbocycles. The summed E-state index contributed by atoms with van der Waals surface area (Å²) in [6.07, 6.45) is 2.68. The molecular formula is C21H35N3O4S. The molecule has 1 unspecified atom stereocenters. The van der Waals surface area contributed by atoms with Gasteiger partial charge in [0.2, 0.25) is 0 Å². The third kappa shape index (κ3) is 7.95. The summed E-state index contributed by atoms with van der Waals surface area (Å²) < 4.78 is 18.3. The first-order valence-electron chi connectivity index (χ1n) is 10.0. The fourth-order valence-corrected chi connectivity index (χ4v) is 3.81. The molecule has 0 aliphatic carbocycles. The smallest absolute Gasteiger partial charge is 0.410 e. The molecule has 1 fully saturated rings. The van der Waals surface area contributed by atoms with E-state index in [4.69, 9.17) is 19.5 Å². The standard InChI is InChI=1S/C21H35N3O4S/c1-20(2,3)27-19(25)24-15-16(14-21(24,4)5)9-8-12-26-17-10-7-11-18(13-17)28-29-23(6)22/h7,10-11,13,16H,8-9,12,14-15,22H2,1-6H3. The SMILES string of the molecule is CN(N)SOc1cccc(OCCCC2CN(C(=O)OC(C)(C)C)C(C)(C)C2)c1. The molecule has 0 spiro atoms. The summed E-state index contributed by atoms with van der Waals surface area (Å²) in [4.78, 5) is 14.4. The lowest BCUT2D eigenvalue weighted by molar-refractivity contribution is 0.0131. The Morgan fingerprint density at radius 2 is 2.03 bits per heavy atom. The maximum atomic E-state index is 12.5. The van der Waals surface area contributed by atoms with E-state index in [1.54, 1.807) is 7.05 Å². The van der Waals surface area contributed by atoms with Crippen molar-refractivity contribution in [2.24, 2.45) is 11.8 Å². The second-order valence-corrected chi connectivity index (χ2v) is 10.0. The van der Waals surface area contributed by atoms with Crippen LogP contribution in [0.5, 0.6) is 11.5 Å². The molecule has 2 N–H and O–H groups in total. The molecule has 0 saturated carbocycles. The van der Waals surface area contributed by atoms with Crippen molar-refractivity contribution in [3.63, 3.8) is 0 Å². The molecule has 1 saturated heterocycles. The minimum absolute atomic E-state index is 0.187. The summed E-state index contributed by atoms with van der Waals surface area (Å²) in [7, 11) is 1.71. The number of nitrogens with zero attached hydrogens (tertiary/aromatic N) is 2. The number of hydrazine groups is 1. The van der Waals surface area contributed by atoms with Crippen molar-refractivity contribution in [3.8, 4) is 11.5 Å². The van der Waals surface area contributed by atoms with Gasteiger partial charge in [0.05, 0.1) is 6.61 Å². The van der Waals surface area contributed by atoms with Gasteiger partial charge in [0.15, 0.2) is 12.2 Å². The minimum atomic E-state index is -0.477. The van der Waals surface area contributed by atoms with Gasteiger partial charge in [-0.15, -0.1) is 0 Å². The van der Waals surface area contributed by atoms with Crippen LogP contribution in [0.15, 0.2) is 24.3 Å². The van der Waals surface area contributed by atoms with E-state index in [0.717, 1.165) is 43.8 Å². The maximum absolute atomic E-state index is 12.5. The molecular weight excluding hydrogens is 390 g/mol. The second kappa shape index (κ2) is 9.91. The molecule has 2 rings (SSSR count). The molecule has 1 amide bonds. The van der Waals surface area contributed by atoms with Gasteiger partial charge in [-0.25, -0.2) is 4.79 Å². The highest BCUT2D eigenvalue weighted by atomic mass is 32.2. The lowest BCUT2D eigenvalue weighted by atomic mass is 9.93. The van der Waals surface area contributed by atoms with Crippen molar-refractivity contribution in [3.05, 3.63) is 24.3 Å². The van der Waals surface area contributed by atoms with Crippen LogP contribution in [0.1, 0.15) is 53.9 Å². The molecule has 7 nitrogen and oxygen atoms in total. The van der Waals surface area contributed by atoms with Gasteiger partial charge in [-0.05, 0) is 71.9 Å². The lowest BCUT2D eigenvalue weighted by Crippen LogP contribution is -2.45. The quantitative estimate of drug-likeness (QED) is 0.214. The molecule has 1 aliphatic heterocycles. The van der Waals surface area contributed by atoms with Crippen molar-refractivity contribution in [2.45, 2.75) is 65.0 Å². The van der Waals surface area contributed by atoms with Crippen molar-refractivity contribution in [1.82, 2.24) is 9.31 Å². The van der Waals surface area contributed by atoms with Crippen LogP contribution in [0, 0.1) is 5.92 Å². The van der Waals surface area contributed by atoms with E-state index >= 15 is 0 Å². The number of ether oxygens (including phenoxy) is 2. The number of carbonyl (C=O) groups excluding carboxylic acids is 1. The number of hydrogen-bond donors (Lipinski definition) is 1. The highest BCUT2D eigenvalue weighted by Gasteiger charge is 2.42. The average molecular weight is 426 g/mol. The molecule has 1 aromatic rings. The predicted molar refractivity (Wildman–Crippen MR) is 116 cm³/mol. The molecule has 29 heavy (non-hydrogen) atoms. The Kier molecular flexibility index (Phi) is 8.08. The van der Waals surface area contributed by atoms with Crippen LogP contribution >= 0.6 is 12.2 Å². The predicted octanol–water partition coefficient (Wildman–Crippen LogP) is 4.63. The zero-order valence-electron chi connectivity index (χ0n) is 18.4. The van der Waals surface area contributed by atoms with E-state index in [0.29, 0.717) is 18.3 Å². The van der Waals surface area contributed by atoms with Gasteiger partial charge >= 0.3 is 6.09 Å². The van der Waals surface area contributed by atoms with Crippen molar-refractivity contribution < 1.29 is 18.5 Å². The average Bonchev–Trinajstić information content (AvgIpc) is 2.90. The first-order valence-corrected chi connectivity index (χ1v) is 10.7. The largest absolute Gasteiger partial charge is 0.493 e. The normalized spacial score (nSPS) is 18.8. The first kappa shape index (κ1) is 23.6. The van der Waals surface area contributed by atoms with Gasteiger partial charge in [0.25, 0.3) is 0 Å². The number of likely N-dealkylation sites (tertiary alicyclic amines) is 1. The van der Waals surface area contributed by atoms with Crippen LogP contribution in [0.2, 0.25) is 0 Å². The highest BCUT2D eigenvalue weighted by molar-refractivity contribution is 7.92. The third-order valence-corrected chi connectivity index (χ3v) is 5.16. The van der Waals surface area contributed by atoms with Crippen LogP contribution < -0.4 is 14.8 Å². The zero-order valence-corrected chi connectivity index (χ0v) is 19.3. The second-order valence-electron chi connectivity index (χ2n) is 9.14. The molecule has 1 heterocycles. The van der Waals surface area contributed by atoms with Crippen molar-refractivity contribution in [2.75, 3.05) is 20.2 Å². The van der Waals surface area contributed by atoms with Gasteiger partial charge in [-0.1, -0.05) is 6.07 Å². The van der Waals surface area contributed by atoms with Crippen molar-refractivity contribution in [1.29, 1.82) is 0 Å². The van der Waals surface area contributed by atoms with Crippen LogP contribution in [0.25, 0.3) is 0 Å². The van der Waals surface area contributed by atoms with Gasteiger partial charge in [-0.3, -0.25) is 5.84 Å². The monoisotopic (exact) mass is 425 g/mol. The van der Waals surface area contributed by atoms with Gasteiger partial charge in [-0.2, -0.15) is 4.41 Å². The van der Waals surface area contributed by atoms with Crippen molar-refractivity contribution >= 4 is 18.3 Å². The van der Waals surface area contributed by atoms with Gasteiger partial charge in [0.1, 0.15) is 17.1 Å². The molecule has 8 heteroatoms. The Morgan fingerprint density at radius 1 is 1.34 bits per heavy atom. The topological polar surface area (TPSA) is 77.3 Å². The third-order valence-electron chi connectivity index (χ3n) is 4.66. The Hall–Kier alpha value is -1.64. The summed E-state index contributed by atoms with van der Waals surface area (Å²) in [5.41, 5.74) is -0.664. The van der Waals surface area contributed by atoms with Crippen LogP contribution in [0.3, 0.4) is 0 Å². The Morgan fingerprint density at radius 3 is 2.69 bits per heavy atom. The zero-order chi connectivity index (χ0) is 21.7. The van der Waals surface area contributed by atoms with E-state index in [-0.39, 0.29) is 11.6 Å². The summed E-state index contributed by atoms with van der Waals surface area (Å²) in [5, 5.41) is 0. The van der Waals surface area contributed by atoms with Gasteiger partial charge in [0, 0.05) is 25.2 Å². The minimum Gasteiger partial charge on any atom is -0.493 e. The van der Waals surface area contributed by atoms with Gasteiger partial charge < -0.3 is 18.6 Å². The summed E-state index contributed by atoms with van der Waals surface area (Å²) in [6, 6.07) is 7.50. The number of benzene rings is 1. The molecule has 0 radical (unpaired) electrons. The Labute approximate surface area is 179 Å². The molecule has 164 valence electrons. The molecule has 0 bridgehead atoms. The fraction of sp³-hybridized carbons (Fsp3) is 0.667. The van der Waals surface area contributed by atoms with E-state index in [1.807, 2.05) is 49.9 Å². The van der Waals surface area contributed by atoms with E-state index in [2.05, 4.69) is 13.8 Å². The maximum Gasteiger partial charge on any atom is 0.410 e. The number of nitrogens with two attached hydrogens (primary N) is 1. The lowest BCUT2D eigenvalue weighted by Gasteiger charge is -2.33. The Balaban J connectivity index is 1.77. The van der Waals surface area contributed by atoms with Crippen LogP contribution in [-0.2, 0) is 4.74 Å².